The first-order valence-electron chi connectivity index (χ1n) is 8.30. The monoisotopic (exact) mass is 376 g/mol. The molecule has 2 aromatic rings. The van der Waals surface area contributed by atoms with Crippen LogP contribution in [0.1, 0.15) is 18.1 Å². The summed E-state index contributed by atoms with van der Waals surface area (Å²) in [5.41, 5.74) is 2.20. The quantitative estimate of drug-likeness (QED) is 0.806. The predicted molar refractivity (Wildman–Crippen MR) is 102 cm³/mol. The van der Waals surface area contributed by atoms with Crippen LogP contribution in [-0.4, -0.2) is 34.5 Å². The minimum absolute atomic E-state index is 0.0323. The summed E-state index contributed by atoms with van der Waals surface area (Å²) < 4.78 is 33.1. The fraction of sp³-hybridized carbons (Fsp3) is 0.316. The third-order valence-electron chi connectivity index (χ3n) is 3.87. The SMILES string of the molecule is CCNC(=O)CN(c1ccc(C)cc1)S(=O)(=O)c1cc(C)ccc1OC. The second-order valence-electron chi connectivity index (χ2n) is 5.96. The number of hydrogen-bond acceptors (Lipinski definition) is 4. The van der Waals surface area contributed by atoms with Crippen molar-refractivity contribution in [2.45, 2.75) is 25.7 Å². The highest BCUT2D eigenvalue weighted by atomic mass is 32.2. The third kappa shape index (κ3) is 4.35. The van der Waals surface area contributed by atoms with E-state index in [9.17, 15) is 13.2 Å². The molecule has 0 unspecified atom stereocenters. The number of hydrogen-bond donors (Lipinski definition) is 1. The molecule has 0 aliphatic rings. The zero-order chi connectivity index (χ0) is 19.3. The zero-order valence-corrected chi connectivity index (χ0v) is 16.3. The first-order chi connectivity index (χ1) is 12.3. The number of benzene rings is 2. The van der Waals surface area contributed by atoms with Gasteiger partial charge in [-0.05, 0) is 50.6 Å². The summed E-state index contributed by atoms with van der Waals surface area (Å²) in [7, 11) is -2.58. The lowest BCUT2D eigenvalue weighted by Gasteiger charge is -2.25. The molecule has 140 valence electrons. The number of carbonyl (C=O) groups is 1. The molecule has 0 aromatic heterocycles. The molecule has 6 nitrogen and oxygen atoms in total. The Hall–Kier alpha value is -2.54. The van der Waals surface area contributed by atoms with Crippen molar-refractivity contribution in [3.8, 4) is 5.75 Å². The van der Waals surface area contributed by atoms with Gasteiger partial charge in [0.1, 0.15) is 17.2 Å². The molecule has 0 fully saturated rings. The van der Waals surface area contributed by atoms with Gasteiger partial charge < -0.3 is 10.1 Å². The summed E-state index contributed by atoms with van der Waals surface area (Å²) in [6.45, 7) is 5.62. The molecule has 0 spiro atoms. The lowest BCUT2D eigenvalue weighted by molar-refractivity contribution is -0.119. The molecule has 0 atom stereocenters. The maximum Gasteiger partial charge on any atom is 0.268 e. The van der Waals surface area contributed by atoms with E-state index in [0.29, 0.717) is 12.2 Å². The van der Waals surface area contributed by atoms with Gasteiger partial charge >= 0.3 is 0 Å². The minimum Gasteiger partial charge on any atom is -0.495 e. The van der Waals surface area contributed by atoms with E-state index in [4.69, 9.17) is 4.74 Å². The average molecular weight is 376 g/mol. The average Bonchev–Trinajstić information content (AvgIpc) is 2.60. The Bertz CT molecular complexity index is 877. The van der Waals surface area contributed by atoms with Gasteiger partial charge in [0.2, 0.25) is 5.91 Å². The van der Waals surface area contributed by atoms with E-state index in [0.717, 1.165) is 15.4 Å². The summed E-state index contributed by atoms with van der Waals surface area (Å²) >= 11 is 0. The molecule has 0 heterocycles. The van der Waals surface area contributed by atoms with Gasteiger partial charge in [-0.3, -0.25) is 9.10 Å². The predicted octanol–water partition coefficient (Wildman–Crippen LogP) is 2.64. The largest absolute Gasteiger partial charge is 0.495 e. The smallest absolute Gasteiger partial charge is 0.268 e. The molecule has 0 saturated heterocycles. The van der Waals surface area contributed by atoms with Crippen molar-refractivity contribution in [3.05, 3.63) is 53.6 Å². The van der Waals surface area contributed by atoms with E-state index in [1.54, 1.807) is 44.2 Å². The molecular formula is C19H24N2O4S. The van der Waals surface area contributed by atoms with E-state index in [2.05, 4.69) is 5.32 Å². The molecule has 2 rings (SSSR count). The van der Waals surface area contributed by atoms with Crippen LogP contribution in [0.15, 0.2) is 47.4 Å². The zero-order valence-electron chi connectivity index (χ0n) is 15.4. The number of anilines is 1. The summed E-state index contributed by atoms with van der Waals surface area (Å²) in [4.78, 5) is 12.2. The van der Waals surface area contributed by atoms with Gasteiger partial charge in [0.05, 0.1) is 12.8 Å². The number of amides is 1. The van der Waals surface area contributed by atoms with Crippen molar-refractivity contribution < 1.29 is 17.9 Å². The van der Waals surface area contributed by atoms with Crippen LogP contribution in [0.5, 0.6) is 5.75 Å². The second kappa shape index (κ2) is 8.23. The van der Waals surface area contributed by atoms with E-state index in [1.807, 2.05) is 19.1 Å². The van der Waals surface area contributed by atoms with Gasteiger partial charge in [-0.1, -0.05) is 23.8 Å². The number of aryl methyl sites for hydroxylation is 2. The van der Waals surface area contributed by atoms with Gasteiger partial charge in [-0.25, -0.2) is 8.42 Å². The Morgan fingerprint density at radius 3 is 2.27 bits per heavy atom. The van der Waals surface area contributed by atoms with Gasteiger partial charge in [0.25, 0.3) is 10.0 Å². The van der Waals surface area contributed by atoms with E-state index in [1.165, 1.54) is 7.11 Å². The van der Waals surface area contributed by atoms with Crippen molar-refractivity contribution in [2.75, 3.05) is 24.5 Å². The van der Waals surface area contributed by atoms with Gasteiger partial charge in [0, 0.05) is 6.54 Å². The topological polar surface area (TPSA) is 75.7 Å². The van der Waals surface area contributed by atoms with Gasteiger partial charge in [-0.2, -0.15) is 0 Å². The van der Waals surface area contributed by atoms with Gasteiger partial charge in [-0.15, -0.1) is 0 Å². The first-order valence-corrected chi connectivity index (χ1v) is 9.74. The van der Waals surface area contributed by atoms with Crippen molar-refractivity contribution >= 4 is 21.6 Å². The molecule has 0 saturated carbocycles. The maximum absolute atomic E-state index is 13.4. The van der Waals surface area contributed by atoms with E-state index >= 15 is 0 Å². The lowest BCUT2D eigenvalue weighted by Crippen LogP contribution is -2.41. The highest BCUT2D eigenvalue weighted by molar-refractivity contribution is 7.93. The summed E-state index contributed by atoms with van der Waals surface area (Å²) in [5.74, 6) is -0.133. The minimum atomic E-state index is -4.00. The van der Waals surface area contributed by atoms with Crippen molar-refractivity contribution in [1.29, 1.82) is 0 Å². The maximum atomic E-state index is 13.4. The van der Waals surface area contributed by atoms with Crippen LogP contribution in [0.3, 0.4) is 0 Å². The fourth-order valence-electron chi connectivity index (χ4n) is 2.51. The number of nitrogens with one attached hydrogen (secondary N) is 1. The van der Waals surface area contributed by atoms with Gasteiger partial charge in [0.15, 0.2) is 0 Å². The van der Waals surface area contributed by atoms with Crippen LogP contribution >= 0.6 is 0 Å². The Morgan fingerprint density at radius 1 is 1.08 bits per heavy atom. The summed E-state index contributed by atoms with van der Waals surface area (Å²) in [6, 6.07) is 11.9. The summed E-state index contributed by atoms with van der Waals surface area (Å²) in [5, 5.41) is 2.64. The second-order valence-corrected chi connectivity index (χ2v) is 7.79. The number of sulfonamides is 1. The van der Waals surface area contributed by atoms with Crippen LogP contribution in [0.2, 0.25) is 0 Å². The van der Waals surface area contributed by atoms with Crippen LogP contribution in [-0.2, 0) is 14.8 Å². The van der Waals surface area contributed by atoms with Crippen LogP contribution in [0.25, 0.3) is 0 Å². The number of nitrogens with zero attached hydrogens (tertiary/aromatic N) is 1. The lowest BCUT2D eigenvalue weighted by atomic mass is 10.2. The van der Waals surface area contributed by atoms with E-state index < -0.39 is 10.0 Å². The standard InChI is InChI=1S/C19H24N2O4S/c1-5-20-19(22)13-21(16-9-6-14(2)7-10-16)26(23,24)18-12-15(3)8-11-17(18)25-4/h6-12H,5,13H2,1-4H3,(H,20,22). The Labute approximate surface area is 154 Å². The van der Waals surface area contributed by atoms with Crippen molar-refractivity contribution in [3.63, 3.8) is 0 Å². The molecule has 0 aliphatic carbocycles. The molecule has 1 amide bonds. The molecule has 26 heavy (non-hydrogen) atoms. The molecular weight excluding hydrogens is 352 g/mol. The number of rotatable bonds is 7. The molecule has 2 aromatic carbocycles. The summed E-state index contributed by atoms with van der Waals surface area (Å²) in [6.07, 6.45) is 0. The molecule has 0 aliphatic heterocycles. The third-order valence-corrected chi connectivity index (χ3v) is 5.67. The van der Waals surface area contributed by atoms with Crippen LogP contribution in [0.4, 0.5) is 5.69 Å². The van der Waals surface area contributed by atoms with Crippen molar-refractivity contribution in [1.82, 2.24) is 5.32 Å². The Kier molecular flexibility index (Phi) is 6.26. The number of methoxy groups -OCH3 is 1. The van der Waals surface area contributed by atoms with Crippen LogP contribution < -0.4 is 14.4 Å². The number of ether oxygens (including phenoxy) is 1. The molecule has 0 bridgehead atoms. The van der Waals surface area contributed by atoms with Crippen molar-refractivity contribution in [2.24, 2.45) is 0 Å². The van der Waals surface area contributed by atoms with E-state index in [-0.39, 0.29) is 23.1 Å². The highest BCUT2D eigenvalue weighted by Gasteiger charge is 2.30. The Balaban J connectivity index is 2.57. The fourth-order valence-corrected chi connectivity index (χ4v) is 4.18. The highest BCUT2D eigenvalue weighted by Crippen LogP contribution is 2.30. The number of carbonyl (C=O) groups excluding carboxylic acids is 1. The molecule has 7 heteroatoms. The molecule has 0 radical (unpaired) electrons. The first kappa shape index (κ1) is 19.8. The molecule has 1 N–H and O–H groups in total. The Morgan fingerprint density at radius 2 is 1.69 bits per heavy atom. The van der Waals surface area contributed by atoms with Crippen LogP contribution in [0, 0.1) is 13.8 Å². The normalized spacial score (nSPS) is 11.1. The number of likely N-dealkylation sites (N-methyl/N-ethyl adjacent to an activating group) is 1.